The van der Waals surface area contributed by atoms with Gasteiger partial charge in [-0.3, -0.25) is 5.10 Å². The van der Waals surface area contributed by atoms with E-state index in [-0.39, 0.29) is 5.82 Å². The smallest absolute Gasteiger partial charge is 0.138 e. The van der Waals surface area contributed by atoms with E-state index < -0.39 is 0 Å². The first-order valence-corrected chi connectivity index (χ1v) is 13.7. The standard InChI is InChI=1S/C34H32FN5/c1-4-22(18-25(5-2)37-21(3)23-10-6-7-11-23)24-14-15-31-29(19-24)33(40-39-31)32-20-28-26(16-17-36-34(28)38-32)27-12-8-9-13-30(27)35/h4-5,8-9,12-20,23,37H,2-3,6-7,10-11H2,1H3,(H,36,38)(H,39,40)/b22-4+,25-18+. The Balaban J connectivity index is 1.36. The number of nitrogens with zero attached hydrogens (tertiary/aromatic N) is 2. The molecule has 0 radical (unpaired) electrons. The van der Waals surface area contributed by atoms with Gasteiger partial charge < -0.3 is 10.3 Å². The van der Waals surface area contributed by atoms with E-state index in [1.54, 1.807) is 18.3 Å². The first-order valence-electron chi connectivity index (χ1n) is 13.7. The Morgan fingerprint density at radius 1 is 1.05 bits per heavy atom. The average Bonchev–Trinajstić information content (AvgIpc) is 3.74. The fourth-order valence-corrected chi connectivity index (χ4v) is 5.68. The van der Waals surface area contributed by atoms with E-state index >= 15 is 0 Å². The van der Waals surface area contributed by atoms with Crippen LogP contribution in [0, 0.1) is 11.7 Å². The van der Waals surface area contributed by atoms with Gasteiger partial charge in [-0.15, -0.1) is 0 Å². The molecule has 5 nitrogen and oxygen atoms in total. The van der Waals surface area contributed by atoms with Gasteiger partial charge in [0.2, 0.25) is 0 Å². The van der Waals surface area contributed by atoms with Crippen LogP contribution in [0.2, 0.25) is 0 Å². The van der Waals surface area contributed by atoms with Crippen molar-refractivity contribution < 1.29 is 4.39 Å². The van der Waals surface area contributed by atoms with Crippen LogP contribution in [0.3, 0.4) is 0 Å². The Morgan fingerprint density at radius 2 is 1.88 bits per heavy atom. The average molecular weight is 530 g/mol. The first-order chi connectivity index (χ1) is 19.6. The number of fused-ring (bicyclic) bond motifs is 2. The van der Waals surface area contributed by atoms with Crippen LogP contribution >= 0.6 is 0 Å². The molecule has 5 aromatic rings. The molecule has 0 atom stereocenters. The highest BCUT2D eigenvalue weighted by molar-refractivity contribution is 6.00. The van der Waals surface area contributed by atoms with Crippen molar-refractivity contribution in [2.75, 3.05) is 0 Å². The molecule has 1 aliphatic rings. The van der Waals surface area contributed by atoms with Gasteiger partial charge in [-0.05, 0) is 84.9 Å². The molecular formula is C34H32FN5. The van der Waals surface area contributed by atoms with Crippen molar-refractivity contribution in [1.82, 2.24) is 25.5 Å². The van der Waals surface area contributed by atoms with Gasteiger partial charge in [-0.2, -0.15) is 5.10 Å². The third-order valence-electron chi connectivity index (χ3n) is 7.84. The Kier molecular flexibility index (Phi) is 6.91. The molecule has 0 bridgehead atoms. The van der Waals surface area contributed by atoms with E-state index in [0.717, 1.165) is 55.8 Å². The number of halogens is 1. The number of aromatic amines is 2. The summed E-state index contributed by atoms with van der Waals surface area (Å²) >= 11 is 0. The van der Waals surface area contributed by atoms with Crippen LogP contribution in [-0.2, 0) is 0 Å². The van der Waals surface area contributed by atoms with Gasteiger partial charge in [-0.25, -0.2) is 9.37 Å². The molecule has 0 aliphatic heterocycles. The molecule has 0 unspecified atom stereocenters. The van der Waals surface area contributed by atoms with Crippen LogP contribution in [0.25, 0.3) is 50.0 Å². The SMILES string of the molecule is C=C/C(=C\C(=C/C)c1ccc2[nH]nc(-c3cc4c(-c5ccccc5F)ccnc4[nH]3)c2c1)NC(=C)C1CCCC1. The molecule has 200 valence electrons. The summed E-state index contributed by atoms with van der Waals surface area (Å²) in [5.74, 6) is 0.256. The Labute approximate surface area is 233 Å². The van der Waals surface area contributed by atoms with Gasteiger partial charge in [0.1, 0.15) is 17.2 Å². The van der Waals surface area contributed by atoms with Gasteiger partial charge in [0, 0.05) is 33.9 Å². The fraction of sp³-hybridized carbons (Fsp3) is 0.176. The van der Waals surface area contributed by atoms with E-state index in [4.69, 9.17) is 0 Å². The number of rotatable bonds is 8. The molecule has 0 spiro atoms. The van der Waals surface area contributed by atoms with Crippen LogP contribution < -0.4 is 5.32 Å². The van der Waals surface area contributed by atoms with Gasteiger partial charge in [0.25, 0.3) is 0 Å². The molecule has 1 fully saturated rings. The maximum absolute atomic E-state index is 14.6. The molecule has 3 heterocycles. The normalized spacial score (nSPS) is 14.8. The number of hydrogen-bond acceptors (Lipinski definition) is 3. The highest BCUT2D eigenvalue weighted by Gasteiger charge is 2.19. The van der Waals surface area contributed by atoms with Crippen molar-refractivity contribution >= 4 is 27.5 Å². The highest BCUT2D eigenvalue weighted by atomic mass is 19.1. The van der Waals surface area contributed by atoms with Crippen LogP contribution in [0.4, 0.5) is 4.39 Å². The molecule has 3 aromatic heterocycles. The zero-order valence-electron chi connectivity index (χ0n) is 22.6. The summed E-state index contributed by atoms with van der Waals surface area (Å²) in [6, 6.07) is 16.9. The molecule has 40 heavy (non-hydrogen) atoms. The maximum Gasteiger partial charge on any atom is 0.138 e. The number of hydrogen-bond donors (Lipinski definition) is 3. The van der Waals surface area contributed by atoms with Crippen molar-refractivity contribution in [2.45, 2.75) is 32.6 Å². The van der Waals surface area contributed by atoms with Crippen molar-refractivity contribution in [2.24, 2.45) is 5.92 Å². The van der Waals surface area contributed by atoms with Gasteiger partial charge in [0.15, 0.2) is 0 Å². The summed E-state index contributed by atoms with van der Waals surface area (Å²) < 4.78 is 14.6. The largest absolute Gasteiger partial charge is 0.359 e. The number of nitrogens with one attached hydrogen (secondary N) is 3. The molecule has 1 aliphatic carbocycles. The van der Waals surface area contributed by atoms with Crippen molar-refractivity contribution in [1.29, 1.82) is 0 Å². The molecule has 0 amide bonds. The molecule has 3 N–H and O–H groups in total. The van der Waals surface area contributed by atoms with Crippen LogP contribution in [0.1, 0.15) is 38.2 Å². The zero-order valence-corrected chi connectivity index (χ0v) is 22.6. The van der Waals surface area contributed by atoms with E-state index in [1.165, 1.54) is 31.7 Å². The van der Waals surface area contributed by atoms with Gasteiger partial charge >= 0.3 is 0 Å². The molecule has 2 aromatic carbocycles. The van der Waals surface area contributed by atoms with Crippen LogP contribution in [0.15, 0.2) is 104 Å². The number of pyridine rings is 1. The Hall–Kier alpha value is -4.71. The number of H-pyrrole nitrogens is 2. The van der Waals surface area contributed by atoms with E-state index in [9.17, 15) is 4.39 Å². The lowest BCUT2D eigenvalue weighted by molar-refractivity contribution is 0.607. The molecular weight excluding hydrogens is 497 g/mol. The van der Waals surface area contributed by atoms with Crippen molar-refractivity contribution in [3.8, 4) is 22.5 Å². The minimum Gasteiger partial charge on any atom is -0.359 e. The predicted octanol–water partition coefficient (Wildman–Crippen LogP) is 8.68. The Bertz CT molecular complexity index is 1800. The van der Waals surface area contributed by atoms with Gasteiger partial charge in [-0.1, -0.05) is 56.3 Å². The van der Waals surface area contributed by atoms with Crippen LogP contribution in [0.5, 0.6) is 0 Å². The summed E-state index contributed by atoms with van der Waals surface area (Å²) in [4.78, 5) is 7.90. The molecule has 6 rings (SSSR count). The molecule has 0 saturated heterocycles. The number of aromatic nitrogens is 4. The monoisotopic (exact) mass is 529 g/mol. The number of benzene rings is 2. The van der Waals surface area contributed by atoms with E-state index in [1.807, 2.05) is 37.3 Å². The summed E-state index contributed by atoms with van der Waals surface area (Å²) in [6.45, 7) is 10.4. The maximum atomic E-state index is 14.6. The quantitative estimate of drug-likeness (QED) is 0.176. The fourth-order valence-electron chi connectivity index (χ4n) is 5.68. The van der Waals surface area contributed by atoms with Crippen LogP contribution in [-0.4, -0.2) is 20.2 Å². The second-order valence-electron chi connectivity index (χ2n) is 10.3. The lowest BCUT2D eigenvalue weighted by Gasteiger charge is -2.17. The molecule has 6 heteroatoms. The minimum absolute atomic E-state index is 0.264. The topological polar surface area (TPSA) is 69.4 Å². The summed E-state index contributed by atoms with van der Waals surface area (Å²) in [6.07, 6.45) is 12.7. The summed E-state index contributed by atoms with van der Waals surface area (Å²) in [5.41, 5.74) is 8.66. The predicted molar refractivity (Wildman–Crippen MR) is 163 cm³/mol. The molecule has 1 saturated carbocycles. The lowest BCUT2D eigenvalue weighted by atomic mass is 10.0. The highest BCUT2D eigenvalue weighted by Crippen LogP contribution is 2.35. The van der Waals surface area contributed by atoms with Crippen molar-refractivity contribution in [3.63, 3.8) is 0 Å². The second-order valence-corrected chi connectivity index (χ2v) is 10.3. The minimum atomic E-state index is -0.264. The third-order valence-corrected chi connectivity index (χ3v) is 7.84. The first kappa shape index (κ1) is 25.6. The van der Waals surface area contributed by atoms with Gasteiger partial charge in [0.05, 0.1) is 11.2 Å². The van der Waals surface area contributed by atoms with Crippen molar-refractivity contribution in [3.05, 3.63) is 115 Å². The summed E-state index contributed by atoms with van der Waals surface area (Å²) in [5, 5.41) is 13.1. The lowest BCUT2D eigenvalue weighted by Crippen LogP contribution is -2.16. The second kappa shape index (κ2) is 10.8. The number of allylic oxidation sites excluding steroid dienone is 5. The van der Waals surface area contributed by atoms with E-state index in [0.29, 0.717) is 17.1 Å². The van der Waals surface area contributed by atoms with E-state index in [2.05, 4.69) is 62.9 Å². The third kappa shape index (κ3) is 4.77. The Morgan fingerprint density at radius 3 is 2.65 bits per heavy atom. The zero-order chi connectivity index (χ0) is 27.6. The summed E-state index contributed by atoms with van der Waals surface area (Å²) in [7, 11) is 0.